The second-order valence-corrected chi connectivity index (χ2v) is 5.94. The highest BCUT2D eigenvalue weighted by Crippen LogP contribution is 2.25. The van der Waals surface area contributed by atoms with Crippen molar-refractivity contribution in [1.29, 1.82) is 0 Å². The quantitative estimate of drug-likeness (QED) is 0.875. The van der Waals surface area contributed by atoms with Crippen molar-refractivity contribution in [3.05, 3.63) is 21.6 Å². The van der Waals surface area contributed by atoms with Crippen LogP contribution in [0.25, 0.3) is 0 Å². The van der Waals surface area contributed by atoms with Gasteiger partial charge in [-0.05, 0) is 32.2 Å². The van der Waals surface area contributed by atoms with Gasteiger partial charge in [-0.2, -0.15) is 5.10 Å². The number of anilines is 1. The second kappa shape index (κ2) is 7.80. The van der Waals surface area contributed by atoms with Crippen LogP contribution in [0.2, 0.25) is 5.02 Å². The second-order valence-electron chi connectivity index (χ2n) is 5.57. The van der Waals surface area contributed by atoms with Gasteiger partial charge in [0.25, 0.3) is 5.56 Å². The maximum absolute atomic E-state index is 12.3. The predicted molar refractivity (Wildman–Crippen MR) is 87.3 cm³/mol. The van der Waals surface area contributed by atoms with Crippen LogP contribution in [-0.4, -0.2) is 35.5 Å². The minimum atomic E-state index is -0.180. The summed E-state index contributed by atoms with van der Waals surface area (Å²) in [4.78, 5) is 14.5. The lowest BCUT2D eigenvalue weighted by Crippen LogP contribution is -2.47. The third-order valence-corrected chi connectivity index (χ3v) is 4.24. The van der Waals surface area contributed by atoms with Crippen molar-refractivity contribution in [3.63, 3.8) is 0 Å². The fourth-order valence-corrected chi connectivity index (χ4v) is 3.12. The van der Waals surface area contributed by atoms with Crippen molar-refractivity contribution >= 4 is 17.3 Å². The first-order valence-electron chi connectivity index (χ1n) is 7.92. The topological polar surface area (TPSA) is 50.2 Å². The van der Waals surface area contributed by atoms with Crippen LogP contribution in [0.15, 0.2) is 11.0 Å². The van der Waals surface area contributed by atoms with Crippen molar-refractivity contribution in [2.45, 2.75) is 52.1 Å². The molecule has 0 saturated carbocycles. The minimum Gasteiger partial charge on any atom is -0.365 e. The highest BCUT2D eigenvalue weighted by molar-refractivity contribution is 6.33. The average Bonchev–Trinajstić information content (AvgIpc) is 2.51. The minimum absolute atomic E-state index is 0.180. The summed E-state index contributed by atoms with van der Waals surface area (Å²) in [6.07, 6.45) is 5.92. The number of hydrogen-bond donors (Lipinski definition) is 1. The molecule has 0 aromatic carbocycles. The Hall–Kier alpha value is -1.07. The van der Waals surface area contributed by atoms with Crippen LogP contribution in [0.4, 0.5) is 5.69 Å². The van der Waals surface area contributed by atoms with E-state index < -0.39 is 0 Å². The van der Waals surface area contributed by atoms with Crippen LogP contribution in [-0.2, 0) is 6.54 Å². The number of aromatic nitrogens is 2. The van der Waals surface area contributed by atoms with E-state index in [-0.39, 0.29) is 5.56 Å². The molecule has 1 aromatic rings. The molecule has 0 radical (unpaired) electrons. The van der Waals surface area contributed by atoms with E-state index in [1.165, 1.54) is 4.68 Å². The van der Waals surface area contributed by atoms with Gasteiger partial charge in [0.2, 0.25) is 0 Å². The summed E-state index contributed by atoms with van der Waals surface area (Å²) >= 11 is 6.35. The van der Waals surface area contributed by atoms with E-state index in [0.717, 1.165) is 51.0 Å². The molecule has 0 amide bonds. The van der Waals surface area contributed by atoms with Crippen molar-refractivity contribution in [3.8, 4) is 0 Å². The largest absolute Gasteiger partial charge is 0.365 e. The van der Waals surface area contributed by atoms with Crippen molar-refractivity contribution in [2.24, 2.45) is 0 Å². The summed E-state index contributed by atoms with van der Waals surface area (Å²) in [6.45, 7) is 7.67. The molecule has 5 nitrogen and oxygen atoms in total. The Bertz CT molecular complexity index is 511. The summed E-state index contributed by atoms with van der Waals surface area (Å²) < 4.78 is 1.45. The summed E-state index contributed by atoms with van der Waals surface area (Å²) in [5.41, 5.74) is 0.602. The number of nitrogens with zero attached hydrogens (tertiary/aromatic N) is 3. The number of rotatable bonds is 6. The van der Waals surface area contributed by atoms with E-state index in [1.54, 1.807) is 6.20 Å². The molecule has 21 heavy (non-hydrogen) atoms. The molecule has 6 heteroatoms. The third-order valence-electron chi connectivity index (χ3n) is 3.89. The molecule has 1 aromatic heterocycles. The Morgan fingerprint density at radius 2 is 2.29 bits per heavy atom. The number of nitrogens with one attached hydrogen (secondary N) is 1. The van der Waals surface area contributed by atoms with Gasteiger partial charge >= 0.3 is 0 Å². The maximum atomic E-state index is 12.3. The van der Waals surface area contributed by atoms with E-state index in [0.29, 0.717) is 17.6 Å². The number of hydrogen-bond acceptors (Lipinski definition) is 4. The molecule has 1 atom stereocenters. The van der Waals surface area contributed by atoms with E-state index >= 15 is 0 Å². The fraction of sp³-hybridized carbons (Fsp3) is 0.733. The monoisotopic (exact) mass is 312 g/mol. The zero-order valence-corrected chi connectivity index (χ0v) is 13.7. The molecule has 0 aliphatic carbocycles. The smallest absolute Gasteiger partial charge is 0.287 e. The molecule has 1 saturated heterocycles. The van der Waals surface area contributed by atoms with Gasteiger partial charge in [0.15, 0.2) is 0 Å². The Morgan fingerprint density at radius 1 is 1.48 bits per heavy atom. The van der Waals surface area contributed by atoms with E-state index in [4.69, 9.17) is 11.6 Å². The molecule has 1 N–H and O–H groups in total. The van der Waals surface area contributed by atoms with Gasteiger partial charge in [0.05, 0.1) is 11.9 Å². The molecule has 2 heterocycles. The lowest BCUT2D eigenvalue weighted by molar-refractivity contribution is 0.429. The fourth-order valence-electron chi connectivity index (χ4n) is 2.87. The van der Waals surface area contributed by atoms with Crippen LogP contribution < -0.4 is 15.8 Å². The van der Waals surface area contributed by atoms with Crippen molar-refractivity contribution in [1.82, 2.24) is 15.1 Å². The predicted octanol–water partition coefficient (Wildman–Crippen LogP) is 2.28. The zero-order valence-electron chi connectivity index (χ0n) is 12.9. The van der Waals surface area contributed by atoms with Gasteiger partial charge in [0.1, 0.15) is 5.02 Å². The molecule has 1 aliphatic rings. The number of halogens is 1. The molecule has 0 bridgehead atoms. The molecule has 1 unspecified atom stereocenters. The Balaban J connectivity index is 2.31. The maximum Gasteiger partial charge on any atom is 0.287 e. The van der Waals surface area contributed by atoms with Crippen molar-refractivity contribution in [2.75, 3.05) is 24.5 Å². The van der Waals surface area contributed by atoms with E-state index in [9.17, 15) is 4.79 Å². The van der Waals surface area contributed by atoms with Gasteiger partial charge in [-0.15, -0.1) is 0 Å². The number of aryl methyl sites for hydroxylation is 1. The van der Waals surface area contributed by atoms with Gasteiger partial charge in [-0.3, -0.25) is 4.79 Å². The highest BCUT2D eigenvalue weighted by Gasteiger charge is 2.24. The van der Waals surface area contributed by atoms with Crippen LogP contribution in [0.3, 0.4) is 0 Å². The Kier molecular flexibility index (Phi) is 6.06. The average molecular weight is 313 g/mol. The summed E-state index contributed by atoms with van der Waals surface area (Å²) in [5, 5.41) is 8.01. The van der Waals surface area contributed by atoms with Crippen LogP contribution >= 0.6 is 11.6 Å². The molecule has 2 rings (SSSR count). The zero-order chi connectivity index (χ0) is 15.2. The third kappa shape index (κ3) is 3.77. The van der Waals surface area contributed by atoms with Gasteiger partial charge in [0, 0.05) is 25.7 Å². The first kappa shape index (κ1) is 16.3. The summed E-state index contributed by atoms with van der Waals surface area (Å²) in [5.74, 6) is 0. The van der Waals surface area contributed by atoms with E-state index in [1.807, 2.05) is 6.92 Å². The lowest BCUT2D eigenvalue weighted by atomic mass is 10.1. The van der Waals surface area contributed by atoms with Crippen LogP contribution in [0.5, 0.6) is 0 Å². The summed E-state index contributed by atoms with van der Waals surface area (Å²) in [7, 11) is 0. The Morgan fingerprint density at radius 3 is 2.90 bits per heavy atom. The Labute approximate surface area is 131 Å². The van der Waals surface area contributed by atoms with Gasteiger partial charge in [-0.1, -0.05) is 25.4 Å². The summed E-state index contributed by atoms with van der Waals surface area (Å²) in [6, 6.07) is 0.388. The van der Waals surface area contributed by atoms with E-state index in [2.05, 4.69) is 22.2 Å². The molecule has 1 fully saturated rings. The molecular weight excluding hydrogens is 288 g/mol. The molecular formula is C15H25ClN4O. The highest BCUT2D eigenvalue weighted by atomic mass is 35.5. The van der Waals surface area contributed by atoms with Crippen LogP contribution in [0.1, 0.15) is 39.5 Å². The van der Waals surface area contributed by atoms with Gasteiger partial charge < -0.3 is 10.2 Å². The lowest BCUT2D eigenvalue weighted by Gasteiger charge is -2.36. The SMILES string of the molecule is CCCN(c1cnn(CCC)c(=O)c1Cl)C1CCCNC1. The van der Waals surface area contributed by atoms with Gasteiger partial charge in [-0.25, -0.2) is 4.68 Å². The van der Waals surface area contributed by atoms with Crippen molar-refractivity contribution < 1.29 is 0 Å². The number of piperidine rings is 1. The standard InChI is InChI=1S/C15H25ClN4O/c1-3-8-19(12-6-5-7-17-10-12)13-11-18-20(9-4-2)15(21)14(13)16/h11-12,17H,3-10H2,1-2H3. The molecule has 0 spiro atoms. The first-order valence-corrected chi connectivity index (χ1v) is 8.29. The molecule has 1 aliphatic heterocycles. The first-order chi connectivity index (χ1) is 10.2. The van der Waals surface area contributed by atoms with Crippen LogP contribution in [0, 0.1) is 0 Å². The molecule has 118 valence electrons. The normalized spacial score (nSPS) is 18.7.